The summed E-state index contributed by atoms with van der Waals surface area (Å²) < 4.78 is 11.1. The van der Waals surface area contributed by atoms with Crippen LogP contribution in [0.15, 0.2) is 53.4 Å². The molecule has 5 nitrogen and oxygen atoms in total. The van der Waals surface area contributed by atoms with Crippen molar-refractivity contribution < 1.29 is 19.1 Å². The first-order valence-corrected chi connectivity index (χ1v) is 8.49. The number of thiocarbonyl (C=S) groups is 1. The van der Waals surface area contributed by atoms with Crippen molar-refractivity contribution in [3.8, 4) is 11.5 Å². The minimum Gasteiger partial charge on any atom is -0.493 e. The lowest BCUT2D eigenvalue weighted by Gasteiger charge is -2.10. The second kappa shape index (κ2) is 7.50. The molecule has 0 spiro atoms. The summed E-state index contributed by atoms with van der Waals surface area (Å²) in [5, 5.41) is 2.56. The van der Waals surface area contributed by atoms with Crippen LogP contribution in [-0.4, -0.2) is 23.3 Å². The van der Waals surface area contributed by atoms with Gasteiger partial charge in [0.25, 0.3) is 5.91 Å². The van der Waals surface area contributed by atoms with Gasteiger partial charge in [0.05, 0.1) is 17.6 Å². The molecule has 0 aromatic heterocycles. The normalized spacial score (nSPS) is 15.2. The summed E-state index contributed by atoms with van der Waals surface area (Å²) in [4.78, 5) is 24.5. The number of ether oxygens (including phenoxy) is 2. The maximum absolute atomic E-state index is 12.3. The van der Waals surface area contributed by atoms with Crippen molar-refractivity contribution in [1.29, 1.82) is 0 Å². The molecule has 1 heterocycles. The summed E-state index contributed by atoms with van der Waals surface area (Å²) in [5.41, 5.74) is 1.13. The Bertz CT molecular complexity index is 878. The molecule has 1 aliphatic heterocycles. The smallest absolute Gasteiger partial charge is 0.343 e. The third-order valence-corrected chi connectivity index (χ3v) is 4.50. The van der Waals surface area contributed by atoms with E-state index in [0.717, 1.165) is 0 Å². The number of amides is 1. The van der Waals surface area contributed by atoms with E-state index in [2.05, 4.69) is 5.32 Å². The molecule has 0 bridgehead atoms. The van der Waals surface area contributed by atoms with Crippen LogP contribution in [0.5, 0.6) is 11.5 Å². The fraction of sp³-hybridized carbons (Fsp3) is 0.0556. The van der Waals surface area contributed by atoms with Crippen LogP contribution in [-0.2, 0) is 4.79 Å². The van der Waals surface area contributed by atoms with Gasteiger partial charge in [-0.3, -0.25) is 4.79 Å². The second-order valence-corrected chi connectivity index (χ2v) is 6.74. The van der Waals surface area contributed by atoms with E-state index in [4.69, 9.17) is 21.7 Å². The van der Waals surface area contributed by atoms with Gasteiger partial charge in [-0.05, 0) is 35.9 Å². The molecular formula is C18H13NO4S2. The molecular weight excluding hydrogens is 358 g/mol. The molecule has 0 radical (unpaired) electrons. The van der Waals surface area contributed by atoms with Crippen LogP contribution < -0.4 is 14.8 Å². The van der Waals surface area contributed by atoms with Gasteiger partial charge >= 0.3 is 5.97 Å². The SMILES string of the molecule is COc1ccc(/C=C2\SC(=S)NC2=O)cc1OC(=O)c1ccccc1. The van der Waals surface area contributed by atoms with Crippen molar-refractivity contribution in [1.82, 2.24) is 5.32 Å². The van der Waals surface area contributed by atoms with E-state index in [0.29, 0.717) is 26.1 Å². The fourth-order valence-corrected chi connectivity index (χ4v) is 3.21. The number of nitrogens with one attached hydrogen (secondary N) is 1. The Morgan fingerprint density at radius 3 is 2.56 bits per heavy atom. The highest BCUT2D eigenvalue weighted by atomic mass is 32.2. The van der Waals surface area contributed by atoms with E-state index in [1.165, 1.54) is 18.9 Å². The molecule has 0 saturated carbocycles. The van der Waals surface area contributed by atoms with Crippen molar-refractivity contribution in [2.75, 3.05) is 7.11 Å². The molecule has 2 aromatic carbocycles. The van der Waals surface area contributed by atoms with Crippen LogP contribution in [0.1, 0.15) is 15.9 Å². The Kier molecular flexibility index (Phi) is 5.16. The van der Waals surface area contributed by atoms with Gasteiger partial charge < -0.3 is 14.8 Å². The maximum atomic E-state index is 12.3. The maximum Gasteiger partial charge on any atom is 0.343 e. The number of carbonyl (C=O) groups excluding carboxylic acids is 2. The molecule has 2 aromatic rings. The van der Waals surface area contributed by atoms with E-state index in [-0.39, 0.29) is 11.7 Å². The minimum atomic E-state index is -0.488. The van der Waals surface area contributed by atoms with Gasteiger partial charge in [0.2, 0.25) is 0 Å². The van der Waals surface area contributed by atoms with E-state index in [9.17, 15) is 9.59 Å². The van der Waals surface area contributed by atoms with E-state index in [1.807, 2.05) is 6.07 Å². The van der Waals surface area contributed by atoms with Crippen molar-refractivity contribution in [2.45, 2.75) is 0 Å². The number of esters is 1. The zero-order valence-electron chi connectivity index (χ0n) is 13.1. The Balaban J connectivity index is 1.88. The highest BCUT2D eigenvalue weighted by molar-refractivity contribution is 8.26. The molecule has 3 rings (SSSR count). The number of hydrogen-bond donors (Lipinski definition) is 1. The molecule has 126 valence electrons. The first kappa shape index (κ1) is 17.2. The molecule has 1 aliphatic rings. The summed E-state index contributed by atoms with van der Waals surface area (Å²) in [6, 6.07) is 13.8. The molecule has 25 heavy (non-hydrogen) atoms. The van der Waals surface area contributed by atoms with Gasteiger partial charge in [-0.15, -0.1) is 0 Å². The molecule has 0 unspecified atom stereocenters. The summed E-state index contributed by atoms with van der Waals surface area (Å²) in [5.74, 6) is -0.0336. The molecule has 0 aliphatic carbocycles. The average molecular weight is 371 g/mol. The number of rotatable bonds is 4. The standard InChI is InChI=1S/C18H13NO4S2/c1-22-13-8-7-11(10-15-16(20)19-18(24)25-15)9-14(13)23-17(21)12-5-3-2-4-6-12/h2-10H,1H3,(H,19,20,24)/b15-10-. The molecule has 1 amide bonds. The van der Waals surface area contributed by atoms with Gasteiger partial charge in [-0.2, -0.15) is 0 Å². The Labute approximate surface area is 154 Å². The van der Waals surface area contributed by atoms with E-state index < -0.39 is 5.97 Å². The monoisotopic (exact) mass is 371 g/mol. The van der Waals surface area contributed by atoms with E-state index >= 15 is 0 Å². The van der Waals surface area contributed by atoms with E-state index in [1.54, 1.807) is 48.5 Å². The van der Waals surface area contributed by atoms with Gasteiger partial charge in [0.1, 0.15) is 4.32 Å². The highest BCUT2D eigenvalue weighted by Gasteiger charge is 2.22. The highest BCUT2D eigenvalue weighted by Crippen LogP contribution is 2.32. The average Bonchev–Trinajstić information content (AvgIpc) is 2.93. The van der Waals surface area contributed by atoms with Crippen LogP contribution in [0.2, 0.25) is 0 Å². The number of carbonyl (C=O) groups is 2. The van der Waals surface area contributed by atoms with Gasteiger partial charge in [0.15, 0.2) is 11.5 Å². The molecule has 0 atom stereocenters. The van der Waals surface area contributed by atoms with Crippen molar-refractivity contribution in [2.24, 2.45) is 0 Å². The Morgan fingerprint density at radius 2 is 1.92 bits per heavy atom. The quantitative estimate of drug-likeness (QED) is 0.385. The number of thioether (sulfide) groups is 1. The summed E-state index contributed by atoms with van der Waals surface area (Å²) in [6.45, 7) is 0. The van der Waals surface area contributed by atoms with Crippen molar-refractivity contribution in [3.05, 3.63) is 64.6 Å². The number of benzene rings is 2. The zero-order chi connectivity index (χ0) is 17.8. The van der Waals surface area contributed by atoms with Gasteiger partial charge in [-0.25, -0.2) is 4.79 Å². The first-order valence-electron chi connectivity index (χ1n) is 7.27. The van der Waals surface area contributed by atoms with Crippen LogP contribution in [0.4, 0.5) is 0 Å². The predicted octanol–water partition coefficient (Wildman–Crippen LogP) is 3.40. The summed E-state index contributed by atoms with van der Waals surface area (Å²) >= 11 is 6.15. The number of hydrogen-bond acceptors (Lipinski definition) is 6. The van der Waals surface area contributed by atoms with Gasteiger partial charge in [-0.1, -0.05) is 48.2 Å². The lowest BCUT2D eigenvalue weighted by atomic mass is 10.1. The van der Waals surface area contributed by atoms with Crippen molar-refractivity contribution in [3.63, 3.8) is 0 Å². The predicted molar refractivity (Wildman–Crippen MR) is 101 cm³/mol. The zero-order valence-corrected chi connectivity index (χ0v) is 14.8. The van der Waals surface area contributed by atoms with Crippen molar-refractivity contribution >= 4 is 46.3 Å². The molecule has 1 fully saturated rings. The molecule has 7 heteroatoms. The Hall–Kier alpha value is -2.64. The summed E-state index contributed by atoms with van der Waals surface area (Å²) in [7, 11) is 1.49. The largest absolute Gasteiger partial charge is 0.493 e. The molecule has 1 N–H and O–H groups in total. The molecule has 1 saturated heterocycles. The van der Waals surface area contributed by atoms with Crippen LogP contribution in [0, 0.1) is 0 Å². The van der Waals surface area contributed by atoms with Gasteiger partial charge in [0, 0.05) is 0 Å². The van der Waals surface area contributed by atoms with Crippen LogP contribution in [0.25, 0.3) is 6.08 Å². The fourth-order valence-electron chi connectivity index (χ4n) is 2.17. The summed E-state index contributed by atoms with van der Waals surface area (Å²) in [6.07, 6.45) is 1.68. The topological polar surface area (TPSA) is 64.6 Å². The number of methoxy groups -OCH3 is 1. The minimum absolute atomic E-state index is 0.242. The lowest BCUT2D eigenvalue weighted by molar-refractivity contribution is -0.115. The Morgan fingerprint density at radius 1 is 1.16 bits per heavy atom. The lowest BCUT2D eigenvalue weighted by Crippen LogP contribution is -2.17. The van der Waals surface area contributed by atoms with Crippen LogP contribution >= 0.6 is 24.0 Å². The van der Waals surface area contributed by atoms with Crippen LogP contribution in [0.3, 0.4) is 0 Å². The first-order chi connectivity index (χ1) is 12.1. The third kappa shape index (κ3) is 4.07. The second-order valence-electron chi connectivity index (χ2n) is 5.02. The third-order valence-electron chi connectivity index (χ3n) is 3.34.